The molecule has 2 aromatic rings. The van der Waals surface area contributed by atoms with Crippen molar-refractivity contribution in [3.63, 3.8) is 0 Å². The molecule has 1 saturated carbocycles. The van der Waals surface area contributed by atoms with Crippen LogP contribution >= 0.6 is 0 Å². The Balaban J connectivity index is 1.71. The minimum absolute atomic E-state index is 0.0783. The maximum Gasteiger partial charge on any atom is 0.226 e. The van der Waals surface area contributed by atoms with Gasteiger partial charge in [0, 0.05) is 19.0 Å². The molecular weight excluding hydrogens is 336 g/mol. The third-order valence-electron chi connectivity index (χ3n) is 5.64. The number of methoxy groups -OCH3 is 1. The topological polar surface area (TPSA) is 55.6 Å². The summed E-state index contributed by atoms with van der Waals surface area (Å²) in [5.74, 6) is 1.53. The van der Waals surface area contributed by atoms with Crippen LogP contribution in [0.2, 0.25) is 0 Å². The fourth-order valence-corrected chi connectivity index (χ4v) is 4.01. The number of rotatable bonds is 8. The van der Waals surface area contributed by atoms with Crippen molar-refractivity contribution in [2.24, 2.45) is 17.6 Å². The van der Waals surface area contributed by atoms with Gasteiger partial charge in [0.15, 0.2) is 0 Å². The van der Waals surface area contributed by atoms with Crippen LogP contribution in [0.4, 0.5) is 0 Å². The van der Waals surface area contributed by atoms with Crippen LogP contribution in [0.15, 0.2) is 54.6 Å². The van der Waals surface area contributed by atoms with Crippen LogP contribution in [0.3, 0.4) is 0 Å². The van der Waals surface area contributed by atoms with Crippen molar-refractivity contribution >= 4 is 5.91 Å². The van der Waals surface area contributed by atoms with Crippen LogP contribution in [-0.2, 0) is 17.8 Å². The minimum atomic E-state index is 0.0783. The van der Waals surface area contributed by atoms with E-state index in [1.165, 1.54) is 11.1 Å². The van der Waals surface area contributed by atoms with Gasteiger partial charge < -0.3 is 15.4 Å². The molecule has 27 heavy (non-hydrogen) atoms. The summed E-state index contributed by atoms with van der Waals surface area (Å²) >= 11 is 0. The summed E-state index contributed by atoms with van der Waals surface area (Å²) in [6.07, 6.45) is 3.98. The number of benzene rings is 2. The van der Waals surface area contributed by atoms with Gasteiger partial charge in [-0.05, 0) is 55.0 Å². The summed E-state index contributed by atoms with van der Waals surface area (Å²) in [6.45, 7) is 1.98. The number of hydrogen-bond donors (Lipinski definition) is 1. The zero-order valence-corrected chi connectivity index (χ0v) is 16.1. The van der Waals surface area contributed by atoms with Gasteiger partial charge in [-0.3, -0.25) is 4.79 Å². The molecule has 0 unspecified atom stereocenters. The highest BCUT2D eigenvalue weighted by Crippen LogP contribution is 2.32. The summed E-state index contributed by atoms with van der Waals surface area (Å²) in [4.78, 5) is 15.3. The van der Waals surface area contributed by atoms with Crippen LogP contribution in [-0.4, -0.2) is 31.0 Å². The van der Waals surface area contributed by atoms with Crippen molar-refractivity contribution in [1.82, 2.24) is 4.90 Å². The van der Waals surface area contributed by atoms with Crippen LogP contribution in [0, 0.1) is 11.8 Å². The summed E-state index contributed by atoms with van der Waals surface area (Å²) in [5.41, 5.74) is 8.31. The molecule has 1 fully saturated rings. The molecule has 4 heteroatoms. The van der Waals surface area contributed by atoms with Crippen molar-refractivity contribution in [2.45, 2.75) is 32.2 Å². The molecular formula is C23H30N2O2. The van der Waals surface area contributed by atoms with E-state index < -0.39 is 0 Å². The van der Waals surface area contributed by atoms with Gasteiger partial charge >= 0.3 is 0 Å². The molecule has 1 aliphatic rings. The lowest BCUT2D eigenvalue weighted by Gasteiger charge is -2.28. The lowest BCUT2D eigenvalue weighted by Crippen LogP contribution is -2.39. The average Bonchev–Trinajstić information content (AvgIpc) is 3.20. The zero-order valence-electron chi connectivity index (χ0n) is 16.1. The van der Waals surface area contributed by atoms with Gasteiger partial charge in [-0.25, -0.2) is 0 Å². The van der Waals surface area contributed by atoms with Crippen molar-refractivity contribution in [1.29, 1.82) is 0 Å². The van der Waals surface area contributed by atoms with Gasteiger partial charge in [-0.1, -0.05) is 48.9 Å². The van der Waals surface area contributed by atoms with Gasteiger partial charge in [-0.2, -0.15) is 0 Å². The fourth-order valence-electron chi connectivity index (χ4n) is 4.01. The Morgan fingerprint density at radius 3 is 2.48 bits per heavy atom. The molecule has 0 radical (unpaired) electrons. The first-order chi connectivity index (χ1) is 13.2. The molecule has 3 rings (SSSR count). The second kappa shape index (κ2) is 9.56. The molecule has 144 valence electrons. The Labute approximate surface area is 162 Å². The molecule has 0 aromatic heterocycles. The molecule has 0 spiro atoms. The van der Waals surface area contributed by atoms with Crippen LogP contribution < -0.4 is 10.5 Å². The normalized spacial score (nSPS) is 19.0. The number of hydrogen-bond acceptors (Lipinski definition) is 3. The van der Waals surface area contributed by atoms with E-state index in [0.717, 1.165) is 31.4 Å². The fraction of sp³-hybridized carbons (Fsp3) is 0.435. The molecule has 4 nitrogen and oxygen atoms in total. The molecule has 1 aliphatic carbocycles. The first-order valence-corrected chi connectivity index (χ1v) is 9.87. The number of ether oxygens (including phenoxy) is 1. The summed E-state index contributed by atoms with van der Waals surface area (Å²) in [7, 11) is 1.67. The van der Waals surface area contributed by atoms with Gasteiger partial charge in [0.1, 0.15) is 5.75 Å². The monoisotopic (exact) mass is 366 g/mol. The Hall–Kier alpha value is -2.33. The molecule has 2 aromatic carbocycles. The summed E-state index contributed by atoms with van der Waals surface area (Å²) < 4.78 is 5.23. The van der Waals surface area contributed by atoms with E-state index in [4.69, 9.17) is 10.5 Å². The molecule has 2 N–H and O–H groups in total. The molecule has 2 atom stereocenters. The van der Waals surface area contributed by atoms with Crippen LogP contribution in [0.1, 0.15) is 30.4 Å². The number of nitrogens with zero attached hydrogens (tertiary/aromatic N) is 1. The highest BCUT2D eigenvalue weighted by atomic mass is 16.5. The standard InChI is InChI=1S/C23H30N2O2/c1-27-21-12-10-18(11-13-21)14-15-25(17-19-6-3-2-4-7-19)23(26)22-9-5-8-20(22)16-24/h2-4,6-7,10-13,20,22H,5,8-9,14-17,24H2,1H3/t20-,22-/m1/s1. The lowest BCUT2D eigenvalue weighted by molar-refractivity contribution is -0.137. The summed E-state index contributed by atoms with van der Waals surface area (Å²) in [5, 5.41) is 0. The van der Waals surface area contributed by atoms with E-state index in [-0.39, 0.29) is 11.8 Å². The van der Waals surface area contributed by atoms with Crippen LogP contribution in [0.25, 0.3) is 0 Å². The third-order valence-corrected chi connectivity index (χ3v) is 5.64. The van der Waals surface area contributed by atoms with Crippen molar-refractivity contribution in [3.8, 4) is 5.75 Å². The van der Waals surface area contributed by atoms with E-state index >= 15 is 0 Å². The van der Waals surface area contributed by atoms with Gasteiger partial charge in [0.25, 0.3) is 0 Å². The lowest BCUT2D eigenvalue weighted by atomic mass is 9.94. The Kier molecular flexibility index (Phi) is 6.88. The van der Waals surface area contributed by atoms with E-state index in [2.05, 4.69) is 24.3 Å². The second-order valence-corrected chi connectivity index (χ2v) is 7.38. The van der Waals surface area contributed by atoms with Gasteiger partial charge in [0.2, 0.25) is 5.91 Å². The third kappa shape index (κ3) is 5.10. The average molecular weight is 367 g/mol. The van der Waals surface area contributed by atoms with E-state index in [0.29, 0.717) is 25.6 Å². The Morgan fingerprint density at radius 1 is 1.07 bits per heavy atom. The van der Waals surface area contributed by atoms with E-state index in [1.807, 2.05) is 35.2 Å². The maximum atomic E-state index is 13.3. The summed E-state index contributed by atoms with van der Waals surface area (Å²) in [6, 6.07) is 18.3. The first-order valence-electron chi connectivity index (χ1n) is 9.87. The highest BCUT2D eigenvalue weighted by molar-refractivity contribution is 5.79. The number of amides is 1. The molecule has 0 aliphatic heterocycles. The number of nitrogens with two attached hydrogens (primary N) is 1. The van der Waals surface area contributed by atoms with E-state index in [9.17, 15) is 4.79 Å². The minimum Gasteiger partial charge on any atom is -0.497 e. The van der Waals surface area contributed by atoms with Crippen molar-refractivity contribution < 1.29 is 9.53 Å². The molecule has 0 saturated heterocycles. The predicted octanol–water partition coefficient (Wildman–Crippen LogP) is 3.64. The van der Waals surface area contributed by atoms with Crippen LogP contribution in [0.5, 0.6) is 5.75 Å². The van der Waals surface area contributed by atoms with Crippen molar-refractivity contribution in [2.75, 3.05) is 20.2 Å². The zero-order chi connectivity index (χ0) is 19.1. The largest absolute Gasteiger partial charge is 0.497 e. The first kappa shape index (κ1) is 19.4. The Bertz CT molecular complexity index is 715. The quantitative estimate of drug-likeness (QED) is 0.776. The van der Waals surface area contributed by atoms with Gasteiger partial charge in [0.05, 0.1) is 7.11 Å². The molecule has 0 bridgehead atoms. The van der Waals surface area contributed by atoms with Crippen molar-refractivity contribution in [3.05, 3.63) is 65.7 Å². The molecule has 0 heterocycles. The predicted molar refractivity (Wildman–Crippen MR) is 108 cm³/mol. The maximum absolute atomic E-state index is 13.3. The Morgan fingerprint density at radius 2 is 1.81 bits per heavy atom. The number of carbonyl (C=O) groups excluding carboxylic acids is 1. The second-order valence-electron chi connectivity index (χ2n) is 7.38. The smallest absolute Gasteiger partial charge is 0.226 e. The number of carbonyl (C=O) groups is 1. The SMILES string of the molecule is COc1ccc(CCN(Cc2ccccc2)C(=O)[C@@H]2CCC[C@@H]2CN)cc1. The molecule has 1 amide bonds. The van der Waals surface area contributed by atoms with Gasteiger partial charge in [-0.15, -0.1) is 0 Å². The highest BCUT2D eigenvalue weighted by Gasteiger charge is 2.34. The van der Waals surface area contributed by atoms with E-state index in [1.54, 1.807) is 7.11 Å².